The van der Waals surface area contributed by atoms with Crippen LogP contribution in [0.4, 0.5) is 0 Å². The summed E-state index contributed by atoms with van der Waals surface area (Å²) in [5, 5.41) is 3.53. The van der Waals surface area contributed by atoms with Crippen LogP contribution in [0.25, 0.3) is 5.65 Å². The molecule has 1 N–H and O–H groups in total. The topological polar surface area (TPSA) is 38.6 Å². The van der Waals surface area contributed by atoms with Gasteiger partial charge in [-0.1, -0.05) is 6.07 Å². The van der Waals surface area contributed by atoms with E-state index in [1.807, 2.05) is 18.2 Å². The van der Waals surface area contributed by atoms with Gasteiger partial charge in [0.05, 0.1) is 17.5 Å². The van der Waals surface area contributed by atoms with E-state index in [0.717, 1.165) is 37.5 Å². The molecule has 2 aromatic rings. The highest BCUT2D eigenvalue weighted by atomic mass is 16.5. The number of ether oxygens (including phenoxy) is 1. The Morgan fingerprint density at radius 1 is 1.40 bits per heavy atom. The first-order chi connectivity index (χ1) is 9.84. The second kappa shape index (κ2) is 6.37. The zero-order chi connectivity index (χ0) is 13.8. The van der Waals surface area contributed by atoms with Crippen LogP contribution >= 0.6 is 0 Å². The third-order valence-electron chi connectivity index (χ3n) is 4.04. The van der Waals surface area contributed by atoms with Crippen molar-refractivity contribution in [3.63, 3.8) is 0 Å². The van der Waals surface area contributed by atoms with E-state index >= 15 is 0 Å². The molecule has 2 aromatic heterocycles. The number of aryl methyl sites for hydroxylation is 1. The molecule has 108 valence electrons. The van der Waals surface area contributed by atoms with E-state index in [2.05, 4.69) is 27.8 Å². The second-order valence-electron chi connectivity index (χ2n) is 5.53. The maximum atomic E-state index is 5.75. The summed E-state index contributed by atoms with van der Waals surface area (Å²) < 4.78 is 7.92. The van der Waals surface area contributed by atoms with Gasteiger partial charge in [-0.2, -0.15) is 0 Å². The molecule has 0 aromatic carbocycles. The van der Waals surface area contributed by atoms with Crippen molar-refractivity contribution in [3.8, 4) is 0 Å². The van der Waals surface area contributed by atoms with Gasteiger partial charge in [0, 0.05) is 19.3 Å². The van der Waals surface area contributed by atoms with Crippen molar-refractivity contribution in [2.45, 2.75) is 45.3 Å². The fourth-order valence-corrected chi connectivity index (χ4v) is 2.88. The Morgan fingerprint density at radius 2 is 2.35 bits per heavy atom. The highest BCUT2D eigenvalue weighted by Gasteiger charge is 2.13. The Kier molecular flexibility index (Phi) is 4.33. The monoisotopic (exact) mass is 273 g/mol. The Balaban J connectivity index is 1.53. The van der Waals surface area contributed by atoms with Crippen molar-refractivity contribution in [2.24, 2.45) is 0 Å². The number of nitrogens with one attached hydrogen (secondary N) is 1. The average Bonchev–Trinajstić information content (AvgIpc) is 2.80. The van der Waals surface area contributed by atoms with Crippen molar-refractivity contribution in [2.75, 3.05) is 13.2 Å². The van der Waals surface area contributed by atoms with Gasteiger partial charge in [-0.15, -0.1) is 0 Å². The van der Waals surface area contributed by atoms with E-state index in [4.69, 9.17) is 4.74 Å². The van der Waals surface area contributed by atoms with Gasteiger partial charge in [0.1, 0.15) is 5.65 Å². The zero-order valence-corrected chi connectivity index (χ0v) is 12.1. The predicted molar refractivity (Wildman–Crippen MR) is 79.8 cm³/mol. The summed E-state index contributed by atoms with van der Waals surface area (Å²) in [6.07, 6.45) is 7.41. The van der Waals surface area contributed by atoms with Gasteiger partial charge in [-0.3, -0.25) is 0 Å². The van der Waals surface area contributed by atoms with Crippen LogP contribution in [-0.4, -0.2) is 28.6 Å². The van der Waals surface area contributed by atoms with E-state index in [1.54, 1.807) is 0 Å². The molecule has 3 rings (SSSR count). The molecule has 0 spiro atoms. The third kappa shape index (κ3) is 3.02. The molecule has 0 radical (unpaired) electrons. The lowest BCUT2D eigenvalue weighted by Crippen LogP contribution is -2.25. The van der Waals surface area contributed by atoms with Crippen LogP contribution in [0, 0.1) is 6.92 Å². The third-order valence-corrected chi connectivity index (χ3v) is 4.04. The van der Waals surface area contributed by atoms with Crippen LogP contribution in [0.15, 0.2) is 24.4 Å². The number of fused-ring (bicyclic) bond motifs is 1. The van der Waals surface area contributed by atoms with E-state index in [0.29, 0.717) is 6.10 Å². The normalized spacial score (nSPS) is 19.6. The average molecular weight is 273 g/mol. The molecular weight excluding hydrogens is 250 g/mol. The van der Waals surface area contributed by atoms with Gasteiger partial charge in [0.25, 0.3) is 0 Å². The number of pyridine rings is 1. The summed E-state index contributed by atoms with van der Waals surface area (Å²) in [7, 11) is 0. The lowest BCUT2D eigenvalue weighted by molar-refractivity contribution is 0.0115. The van der Waals surface area contributed by atoms with Crippen LogP contribution in [0.2, 0.25) is 0 Å². The maximum absolute atomic E-state index is 5.75. The van der Waals surface area contributed by atoms with Crippen molar-refractivity contribution in [3.05, 3.63) is 35.8 Å². The first-order valence-electron chi connectivity index (χ1n) is 7.59. The second-order valence-corrected chi connectivity index (χ2v) is 5.53. The number of nitrogens with zero attached hydrogens (tertiary/aromatic N) is 2. The lowest BCUT2D eigenvalue weighted by Gasteiger charge is -2.22. The molecule has 4 heteroatoms. The molecule has 1 aliphatic heterocycles. The fraction of sp³-hybridized carbons (Fsp3) is 0.562. The number of hydrogen-bond acceptors (Lipinski definition) is 3. The van der Waals surface area contributed by atoms with E-state index in [-0.39, 0.29) is 0 Å². The Bertz CT molecular complexity index is 558. The number of imidazole rings is 1. The molecule has 1 fully saturated rings. The first-order valence-corrected chi connectivity index (χ1v) is 7.59. The van der Waals surface area contributed by atoms with Crippen LogP contribution in [-0.2, 0) is 11.3 Å². The Hall–Kier alpha value is -1.39. The molecule has 0 amide bonds. The van der Waals surface area contributed by atoms with Crippen LogP contribution in [0.5, 0.6) is 0 Å². The van der Waals surface area contributed by atoms with Crippen LogP contribution in [0.1, 0.15) is 37.1 Å². The first kappa shape index (κ1) is 13.6. The van der Waals surface area contributed by atoms with Gasteiger partial charge in [0.2, 0.25) is 0 Å². The van der Waals surface area contributed by atoms with E-state index in [9.17, 15) is 0 Å². The Morgan fingerprint density at radius 3 is 3.20 bits per heavy atom. The summed E-state index contributed by atoms with van der Waals surface area (Å²) in [6, 6.07) is 6.12. The minimum atomic E-state index is 0.458. The SMILES string of the molecule is Cc1nc2ccccn2c1CNCCC1CCCCO1. The van der Waals surface area contributed by atoms with Gasteiger partial charge < -0.3 is 14.5 Å². The number of hydrogen-bond donors (Lipinski definition) is 1. The molecule has 1 aliphatic rings. The molecule has 0 saturated carbocycles. The summed E-state index contributed by atoms with van der Waals surface area (Å²) in [4.78, 5) is 4.58. The van der Waals surface area contributed by atoms with Gasteiger partial charge in [-0.05, 0) is 51.3 Å². The van der Waals surface area contributed by atoms with Gasteiger partial charge in [0.15, 0.2) is 0 Å². The predicted octanol–water partition coefficient (Wildman–Crippen LogP) is 2.69. The molecule has 20 heavy (non-hydrogen) atoms. The van der Waals surface area contributed by atoms with Crippen molar-refractivity contribution < 1.29 is 4.74 Å². The molecule has 3 heterocycles. The molecule has 1 unspecified atom stereocenters. The van der Waals surface area contributed by atoms with Crippen molar-refractivity contribution >= 4 is 5.65 Å². The van der Waals surface area contributed by atoms with Crippen molar-refractivity contribution in [1.29, 1.82) is 0 Å². The molecule has 1 saturated heterocycles. The highest BCUT2D eigenvalue weighted by Crippen LogP contribution is 2.15. The van der Waals surface area contributed by atoms with Crippen LogP contribution in [0.3, 0.4) is 0 Å². The van der Waals surface area contributed by atoms with Crippen LogP contribution < -0.4 is 5.32 Å². The van der Waals surface area contributed by atoms with E-state index < -0.39 is 0 Å². The summed E-state index contributed by atoms with van der Waals surface area (Å²) >= 11 is 0. The smallest absolute Gasteiger partial charge is 0.137 e. The van der Waals surface area contributed by atoms with Gasteiger partial charge >= 0.3 is 0 Å². The van der Waals surface area contributed by atoms with Crippen molar-refractivity contribution in [1.82, 2.24) is 14.7 Å². The maximum Gasteiger partial charge on any atom is 0.137 e. The minimum Gasteiger partial charge on any atom is -0.378 e. The quantitative estimate of drug-likeness (QED) is 0.851. The standard InChI is InChI=1S/C16H23N3O/c1-13-15(19-10-4-2-7-16(19)18-13)12-17-9-8-14-6-3-5-11-20-14/h2,4,7,10,14,17H,3,5-6,8-9,11-12H2,1H3. The Labute approximate surface area is 120 Å². The zero-order valence-electron chi connectivity index (χ0n) is 12.1. The van der Waals surface area contributed by atoms with Gasteiger partial charge in [-0.25, -0.2) is 4.98 Å². The summed E-state index contributed by atoms with van der Waals surface area (Å²) in [5.41, 5.74) is 3.39. The molecule has 1 atom stereocenters. The number of aromatic nitrogens is 2. The molecule has 0 aliphatic carbocycles. The fourth-order valence-electron chi connectivity index (χ4n) is 2.88. The highest BCUT2D eigenvalue weighted by molar-refractivity contribution is 5.42. The summed E-state index contributed by atoms with van der Waals surface area (Å²) in [5.74, 6) is 0. The minimum absolute atomic E-state index is 0.458. The molecule has 0 bridgehead atoms. The summed E-state index contributed by atoms with van der Waals surface area (Å²) in [6.45, 7) is 4.89. The lowest BCUT2D eigenvalue weighted by atomic mass is 10.1. The largest absolute Gasteiger partial charge is 0.378 e. The number of rotatable bonds is 5. The van der Waals surface area contributed by atoms with E-state index in [1.165, 1.54) is 25.0 Å². The molecule has 4 nitrogen and oxygen atoms in total. The molecular formula is C16H23N3O.